The zero-order valence-electron chi connectivity index (χ0n) is 9.44. The van der Waals surface area contributed by atoms with Crippen LogP contribution in [0.5, 0.6) is 5.75 Å². The summed E-state index contributed by atoms with van der Waals surface area (Å²) in [6, 6.07) is 7.35. The minimum Gasteiger partial charge on any atom is -0.497 e. The number of hydrogen-bond donors (Lipinski definition) is 2. The van der Waals surface area contributed by atoms with Crippen LogP contribution in [0.3, 0.4) is 0 Å². The van der Waals surface area contributed by atoms with Gasteiger partial charge in [0.1, 0.15) is 5.75 Å². The predicted octanol–water partition coefficient (Wildman–Crippen LogP) is 0.829. The molecule has 0 aromatic heterocycles. The third kappa shape index (κ3) is 1.76. The van der Waals surface area contributed by atoms with E-state index in [1.165, 1.54) is 0 Å². The molecule has 1 aliphatic rings. The van der Waals surface area contributed by atoms with Gasteiger partial charge in [-0.1, -0.05) is 19.1 Å². The van der Waals surface area contributed by atoms with Crippen LogP contribution in [0.1, 0.15) is 18.5 Å². The van der Waals surface area contributed by atoms with Gasteiger partial charge in [0.05, 0.1) is 19.1 Å². The Balaban J connectivity index is 2.21. The number of nitrogens with two attached hydrogens (primary N) is 1. The number of methoxy groups -OCH3 is 1. The summed E-state index contributed by atoms with van der Waals surface area (Å²) in [7, 11) is 1.63. The van der Waals surface area contributed by atoms with Crippen LogP contribution in [0.15, 0.2) is 24.3 Å². The van der Waals surface area contributed by atoms with E-state index in [9.17, 15) is 4.79 Å². The number of hydrogen-bond acceptors (Lipinski definition) is 3. The minimum atomic E-state index is -0.166. The number of ether oxygens (including phenoxy) is 1. The van der Waals surface area contributed by atoms with Crippen LogP contribution in [-0.2, 0) is 4.79 Å². The molecule has 1 aromatic rings. The van der Waals surface area contributed by atoms with E-state index in [1.54, 1.807) is 7.11 Å². The number of benzene rings is 1. The summed E-state index contributed by atoms with van der Waals surface area (Å²) in [5.74, 6) is 0.690. The smallest absolute Gasteiger partial charge is 0.225 e. The quantitative estimate of drug-likeness (QED) is 0.776. The van der Waals surface area contributed by atoms with Crippen LogP contribution in [0, 0.1) is 5.92 Å². The standard InChI is InChI=1S/C12H16N2O2/c1-7-10(13)11(14-12(7)15)8-3-5-9(16-2)6-4-8/h3-7,10-11H,13H2,1-2H3,(H,14,15). The Kier molecular flexibility index (Phi) is 2.83. The van der Waals surface area contributed by atoms with Crippen molar-refractivity contribution in [2.45, 2.75) is 19.0 Å². The molecule has 2 rings (SSSR count). The fourth-order valence-electron chi connectivity index (χ4n) is 1.96. The molecule has 0 bridgehead atoms. The highest BCUT2D eigenvalue weighted by Gasteiger charge is 2.37. The lowest BCUT2D eigenvalue weighted by atomic mass is 9.96. The van der Waals surface area contributed by atoms with Gasteiger partial charge in [0.15, 0.2) is 0 Å². The first-order valence-corrected chi connectivity index (χ1v) is 5.33. The molecule has 0 aliphatic carbocycles. The molecule has 0 spiro atoms. The topological polar surface area (TPSA) is 64.3 Å². The third-order valence-corrected chi connectivity index (χ3v) is 3.15. The van der Waals surface area contributed by atoms with E-state index in [0.717, 1.165) is 11.3 Å². The summed E-state index contributed by atoms with van der Waals surface area (Å²) in [5.41, 5.74) is 7.02. The maximum Gasteiger partial charge on any atom is 0.225 e. The maximum absolute atomic E-state index is 11.5. The number of rotatable bonds is 2. The lowest BCUT2D eigenvalue weighted by Crippen LogP contribution is -2.31. The average Bonchev–Trinajstić information content (AvgIpc) is 2.57. The van der Waals surface area contributed by atoms with Crippen LogP contribution >= 0.6 is 0 Å². The molecule has 1 heterocycles. The van der Waals surface area contributed by atoms with E-state index in [2.05, 4.69) is 5.32 Å². The Morgan fingerprint density at radius 1 is 1.31 bits per heavy atom. The first-order chi connectivity index (χ1) is 7.63. The zero-order chi connectivity index (χ0) is 11.7. The van der Waals surface area contributed by atoms with E-state index >= 15 is 0 Å². The molecule has 3 atom stereocenters. The lowest BCUT2D eigenvalue weighted by Gasteiger charge is -2.17. The van der Waals surface area contributed by atoms with Crippen LogP contribution in [0.2, 0.25) is 0 Å². The van der Waals surface area contributed by atoms with Crippen molar-refractivity contribution < 1.29 is 9.53 Å². The Hall–Kier alpha value is -1.55. The molecule has 0 radical (unpaired) electrons. The van der Waals surface area contributed by atoms with Crippen molar-refractivity contribution in [2.24, 2.45) is 11.7 Å². The maximum atomic E-state index is 11.5. The second-order valence-electron chi connectivity index (χ2n) is 4.13. The van der Waals surface area contributed by atoms with Gasteiger partial charge in [-0.25, -0.2) is 0 Å². The summed E-state index contributed by atoms with van der Waals surface area (Å²) >= 11 is 0. The summed E-state index contributed by atoms with van der Waals surface area (Å²) in [5, 5.41) is 2.90. The van der Waals surface area contributed by atoms with Crippen molar-refractivity contribution in [2.75, 3.05) is 7.11 Å². The second-order valence-corrected chi connectivity index (χ2v) is 4.13. The average molecular weight is 220 g/mol. The van der Waals surface area contributed by atoms with Gasteiger partial charge >= 0.3 is 0 Å². The van der Waals surface area contributed by atoms with Crippen molar-refractivity contribution in [1.82, 2.24) is 5.32 Å². The molecule has 1 aromatic carbocycles. The SMILES string of the molecule is COc1ccc(C2NC(=O)C(C)C2N)cc1. The van der Waals surface area contributed by atoms with Gasteiger partial charge in [-0.05, 0) is 17.7 Å². The van der Waals surface area contributed by atoms with E-state index in [0.29, 0.717) is 0 Å². The fourth-order valence-corrected chi connectivity index (χ4v) is 1.96. The first kappa shape index (κ1) is 11.0. The molecule has 3 unspecified atom stereocenters. The van der Waals surface area contributed by atoms with Crippen molar-refractivity contribution in [3.05, 3.63) is 29.8 Å². The largest absolute Gasteiger partial charge is 0.497 e. The Morgan fingerprint density at radius 3 is 2.38 bits per heavy atom. The molecule has 86 valence electrons. The van der Waals surface area contributed by atoms with Gasteiger partial charge < -0.3 is 15.8 Å². The normalized spacial score (nSPS) is 28.9. The lowest BCUT2D eigenvalue weighted by molar-refractivity contribution is -0.122. The number of carbonyl (C=O) groups excluding carboxylic acids is 1. The van der Waals surface area contributed by atoms with E-state index in [-0.39, 0.29) is 23.9 Å². The fraction of sp³-hybridized carbons (Fsp3) is 0.417. The molecule has 1 saturated heterocycles. The van der Waals surface area contributed by atoms with Gasteiger partial charge in [0, 0.05) is 6.04 Å². The molecule has 4 heteroatoms. The van der Waals surface area contributed by atoms with Crippen LogP contribution in [0.4, 0.5) is 0 Å². The van der Waals surface area contributed by atoms with Crippen LogP contribution in [-0.4, -0.2) is 19.1 Å². The molecule has 1 amide bonds. The van der Waals surface area contributed by atoms with Gasteiger partial charge in [0.2, 0.25) is 5.91 Å². The highest BCUT2D eigenvalue weighted by Crippen LogP contribution is 2.27. The van der Waals surface area contributed by atoms with Gasteiger partial charge in [-0.2, -0.15) is 0 Å². The van der Waals surface area contributed by atoms with Crippen LogP contribution < -0.4 is 15.8 Å². The van der Waals surface area contributed by atoms with Gasteiger partial charge in [-0.3, -0.25) is 4.79 Å². The van der Waals surface area contributed by atoms with Crippen molar-refractivity contribution in [1.29, 1.82) is 0 Å². The summed E-state index contributed by atoms with van der Waals surface area (Å²) in [4.78, 5) is 11.5. The number of amides is 1. The molecular formula is C12H16N2O2. The number of carbonyl (C=O) groups is 1. The molecule has 16 heavy (non-hydrogen) atoms. The molecule has 1 aliphatic heterocycles. The zero-order valence-corrected chi connectivity index (χ0v) is 9.44. The van der Waals surface area contributed by atoms with E-state index in [4.69, 9.17) is 10.5 Å². The summed E-state index contributed by atoms with van der Waals surface area (Å²) < 4.78 is 5.08. The van der Waals surface area contributed by atoms with Crippen molar-refractivity contribution in [3.8, 4) is 5.75 Å². The van der Waals surface area contributed by atoms with E-state index < -0.39 is 0 Å². The van der Waals surface area contributed by atoms with Crippen molar-refractivity contribution >= 4 is 5.91 Å². The highest BCUT2D eigenvalue weighted by molar-refractivity contribution is 5.82. The predicted molar refractivity (Wildman–Crippen MR) is 61.0 cm³/mol. The van der Waals surface area contributed by atoms with Gasteiger partial charge in [0.25, 0.3) is 0 Å². The summed E-state index contributed by atoms with van der Waals surface area (Å²) in [6.45, 7) is 1.85. The molecule has 3 N–H and O–H groups in total. The highest BCUT2D eigenvalue weighted by atomic mass is 16.5. The minimum absolute atomic E-state index is 0.0216. The molecule has 0 saturated carbocycles. The Labute approximate surface area is 94.8 Å². The third-order valence-electron chi connectivity index (χ3n) is 3.15. The van der Waals surface area contributed by atoms with Crippen molar-refractivity contribution in [3.63, 3.8) is 0 Å². The second kappa shape index (κ2) is 4.14. The summed E-state index contributed by atoms with van der Waals surface area (Å²) in [6.07, 6.45) is 0. The number of nitrogens with one attached hydrogen (secondary N) is 1. The van der Waals surface area contributed by atoms with E-state index in [1.807, 2.05) is 31.2 Å². The Morgan fingerprint density at radius 2 is 1.94 bits per heavy atom. The molecular weight excluding hydrogens is 204 g/mol. The van der Waals surface area contributed by atoms with Gasteiger partial charge in [-0.15, -0.1) is 0 Å². The molecule has 1 fully saturated rings. The van der Waals surface area contributed by atoms with Crippen LogP contribution in [0.25, 0.3) is 0 Å². The Bertz CT molecular complexity index is 389. The monoisotopic (exact) mass is 220 g/mol. The molecule has 4 nitrogen and oxygen atoms in total. The first-order valence-electron chi connectivity index (χ1n) is 5.33.